The molecular formula is C12H14BrFO. The Bertz CT molecular complexity index is 353. The lowest BCUT2D eigenvalue weighted by Crippen LogP contribution is -2.07. The average Bonchev–Trinajstić information content (AvgIpc) is 2.70. The molecule has 82 valence electrons. The highest BCUT2D eigenvalue weighted by molar-refractivity contribution is 9.09. The van der Waals surface area contributed by atoms with Crippen LogP contribution in [0.1, 0.15) is 30.1 Å². The molecule has 1 aromatic rings. The van der Waals surface area contributed by atoms with E-state index in [-0.39, 0.29) is 11.9 Å². The van der Waals surface area contributed by atoms with Crippen LogP contribution in [-0.2, 0) is 4.74 Å². The van der Waals surface area contributed by atoms with Gasteiger partial charge in [-0.1, -0.05) is 28.1 Å². The van der Waals surface area contributed by atoms with Crippen LogP contribution in [-0.4, -0.2) is 11.4 Å². The molecule has 1 aliphatic heterocycles. The lowest BCUT2D eigenvalue weighted by atomic mass is 10.0. The zero-order valence-corrected chi connectivity index (χ0v) is 10.3. The molecule has 1 nitrogen and oxygen atoms in total. The number of hydrogen-bond donors (Lipinski definition) is 0. The van der Waals surface area contributed by atoms with Gasteiger partial charge in [-0.3, -0.25) is 0 Å². The van der Waals surface area contributed by atoms with Gasteiger partial charge in [-0.25, -0.2) is 4.39 Å². The molecule has 0 unspecified atom stereocenters. The fourth-order valence-electron chi connectivity index (χ4n) is 1.93. The van der Waals surface area contributed by atoms with Crippen LogP contribution >= 0.6 is 15.9 Å². The van der Waals surface area contributed by atoms with E-state index in [1.54, 1.807) is 6.92 Å². The summed E-state index contributed by atoms with van der Waals surface area (Å²) in [6.07, 6.45) is 2.56. The number of halogens is 2. The molecule has 1 aliphatic rings. The van der Waals surface area contributed by atoms with Crippen molar-refractivity contribution in [1.29, 1.82) is 0 Å². The van der Waals surface area contributed by atoms with Gasteiger partial charge in [0.2, 0.25) is 0 Å². The molecule has 2 rings (SSSR count). The third-order valence-electron chi connectivity index (χ3n) is 2.83. The standard InChI is InChI=1S/C12H14BrFO/c1-8-6-9(2-4-11(8)14)12-5-3-10(7-13)15-12/h2,4,6,10,12H,3,5,7H2,1H3/t10-,12-/m1/s1. The summed E-state index contributed by atoms with van der Waals surface area (Å²) in [4.78, 5) is 0. The molecule has 1 fully saturated rings. The Labute approximate surface area is 97.8 Å². The molecule has 2 atom stereocenters. The first-order chi connectivity index (χ1) is 7.20. The lowest BCUT2D eigenvalue weighted by Gasteiger charge is -2.13. The minimum Gasteiger partial charge on any atom is -0.369 e. The molecule has 0 aromatic heterocycles. The maximum atomic E-state index is 13.1. The summed E-state index contributed by atoms with van der Waals surface area (Å²) in [7, 11) is 0. The van der Waals surface area contributed by atoms with Gasteiger partial charge in [-0.15, -0.1) is 0 Å². The van der Waals surface area contributed by atoms with Gasteiger partial charge in [0, 0.05) is 5.33 Å². The van der Waals surface area contributed by atoms with Gasteiger partial charge in [0.25, 0.3) is 0 Å². The molecule has 1 heterocycles. The summed E-state index contributed by atoms with van der Waals surface area (Å²) >= 11 is 3.42. The first-order valence-electron chi connectivity index (χ1n) is 5.18. The maximum absolute atomic E-state index is 13.1. The Kier molecular flexibility index (Phi) is 3.42. The van der Waals surface area contributed by atoms with E-state index < -0.39 is 0 Å². The molecule has 1 aromatic carbocycles. The molecule has 3 heteroatoms. The summed E-state index contributed by atoms with van der Waals surface area (Å²) < 4.78 is 18.9. The second kappa shape index (κ2) is 4.62. The number of alkyl halides is 1. The highest BCUT2D eigenvalue weighted by Gasteiger charge is 2.25. The van der Waals surface area contributed by atoms with Crippen LogP contribution in [0.15, 0.2) is 18.2 Å². The number of benzene rings is 1. The van der Waals surface area contributed by atoms with E-state index in [1.807, 2.05) is 12.1 Å². The molecule has 0 N–H and O–H groups in total. The van der Waals surface area contributed by atoms with Gasteiger partial charge >= 0.3 is 0 Å². The SMILES string of the molecule is Cc1cc([C@H]2CC[C@H](CBr)O2)ccc1F. The van der Waals surface area contributed by atoms with Gasteiger partial charge in [0.15, 0.2) is 0 Å². The van der Waals surface area contributed by atoms with Crippen molar-refractivity contribution in [1.82, 2.24) is 0 Å². The second-order valence-corrected chi connectivity index (χ2v) is 4.63. The third-order valence-corrected chi connectivity index (χ3v) is 3.56. The number of rotatable bonds is 2. The van der Waals surface area contributed by atoms with E-state index in [1.165, 1.54) is 6.07 Å². The Balaban J connectivity index is 2.13. The van der Waals surface area contributed by atoms with Crippen molar-refractivity contribution in [2.75, 3.05) is 5.33 Å². The zero-order valence-electron chi connectivity index (χ0n) is 8.67. The fraction of sp³-hybridized carbons (Fsp3) is 0.500. The molecule has 0 radical (unpaired) electrons. The highest BCUT2D eigenvalue weighted by atomic mass is 79.9. The molecule has 1 saturated heterocycles. The van der Waals surface area contributed by atoms with Gasteiger partial charge in [0.1, 0.15) is 5.82 Å². The van der Waals surface area contributed by atoms with Crippen LogP contribution in [0.3, 0.4) is 0 Å². The van der Waals surface area contributed by atoms with Crippen LogP contribution in [0.5, 0.6) is 0 Å². The van der Waals surface area contributed by atoms with Crippen LogP contribution < -0.4 is 0 Å². The van der Waals surface area contributed by atoms with E-state index in [9.17, 15) is 4.39 Å². The Morgan fingerprint density at radius 3 is 2.87 bits per heavy atom. The van der Waals surface area contributed by atoms with E-state index in [0.29, 0.717) is 11.7 Å². The molecule has 15 heavy (non-hydrogen) atoms. The van der Waals surface area contributed by atoms with Crippen molar-refractivity contribution in [3.63, 3.8) is 0 Å². The monoisotopic (exact) mass is 272 g/mol. The van der Waals surface area contributed by atoms with Crippen LogP contribution in [0, 0.1) is 12.7 Å². The normalized spacial score (nSPS) is 25.8. The fourth-order valence-corrected chi connectivity index (χ4v) is 2.41. The third kappa shape index (κ3) is 2.40. The van der Waals surface area contributed by atoms with Gasteiger partial charge in [0.05, 0.1) is 12.2 Å². The molecular weight excluding hydrogens is 259 g/mol. The predicted molar refractivity (Wildman–Crippen MR) is 61.8 cm³/mol. The topological polar surface area (TPSA) is 9.23 Å². The van der Waals surface area contributed by atoms with Crippen molar-refractivity contribution in [3.8, 4) is 0 Å². The average molecular weight is 273 g/mol. The van der Waals surface area contributed by atoms with Crippen molar-refractivity contribution in [2.24, 2.45) is 0 Å². The summed E-state index contributed by atoms with van der Waals surface area (Å²) in [5.74, 6) is -0.145. The van der Waals surface area contributed by atoms with Crippen molar-refractivity contribution < 1.29 is 9.13 Å². The first kappa shape index (κ1) is 11.1. The molecule has 0 amide bonds. The smallest absolute Gasteiger partial charge is 0.126 e. The van der Waals surface area contributed by atoms with E-state index >= 15 is 0 Å². The minimum atomic E-state index is -0.145. The van der Waals surface area contributed by atoms with Crippen molar-refractivity contribution >= 4 is 15.9 Å². The number of aryl methyl sites for hydroxylation is 1. The number of hydrogen-bond acceptors (Lipinski definition) is 1. The highest BCUT2D eigenvalue weighted by Crippen LogP contribution is 2.33. The minimum absolute atomic E-state index is 0.145. The Morgan fingerprint density at radius 2 is 2.27 bits per heavy atom. The van der Waals surface area contributed by atoms with E-state index in [0.717, 1.165) is 23.7 Å². The van der Waals surface area contributed by atoms with E-state index in [4.69, 9.17) is 4.74 Å². The largest absolute Gasteiger partial charge is 0.369 e. The molecule has 0 bridgehead atoms. The Morgan fingerprint density at radius 1 is 1.47 bits per heavy atom. The van der Waals surface area contributed by atoms with Crippen LogP contribution in [0.4, 0.5) is 4.39 Å². The quantitative estimate of drug-likeness (QED) is 0.746. The van der Waals surface area contributed by atoms with Gasteiger partial charge < -0.3 is 4.74 Å². The molecule has 0 spiro atoms. The van der Waals surface area contributed by atoms with Gasteiger partial charge in [-0.2, -0.15) is 0 Å². The molecule has 0 saturated carbocycles. The summed E-state index contributed by atoms with van der Waals surface area (Å²) in [6.45, 7) is 1.79. The summed E-state index contributed by atoms with van der Waals surface area (Å²) in [5, 5.41) is 0.879. The van der Waals surface area contributed by atoms with Gasteiger partial charge in [-0.05, 0) is 37.0 Å². The van der Waals surface area contributed by atoms with Crippen molar-refractivity contribution in [3.05, 3.63) is 35.1 Å². The number of ether oxygens (including phenoxy) is 1. The van der Waals surface area contributed by atoms with Crippen molar-refractivity contribution in [2.45, 2.75) is 32.0 Å². The van der Waals surface area contributed by atoms with E-state index in [2.05, 4.69) is 15.9 Å². The maximum Gasteiger partial charge on any atom is 0.126 e. The lowest BCUT2D eigenvalue weighted by molar-refractivity contribution is 0.0588. The first-order valence-corrected chi connectivity index (χ1v) is 6.30. The molecule has 0 aliphatic carbocycles. The predicted octanol–water partition coefficient (Wildman–Crippen LogP) is 3.75. The summed E-state index contributed by atoms with van der Waals surface area (Å²) in [5.41, 5.74) is 1.79. The Hall–Kier alpha value is -0.410. The van der Waals surface area contributed by atoms with Crippen LogP contribution in [0.2, 0.25) is 0 Å². The second-order valence-electron chi connectivity index (χ2n) is 3.99. The zero-order chi connectivity index (χ0) is 10.8. The summed E-state index contributed by atoms with van der Waals surface area (Å²) in [6, 6.07) is 5.23. The van der Waals surface area contributed by atoms with Crippen LogP contribution in [0.25, 0.3) is 0 Å².